The lowest BCUT2D eigenvalue weighted by atomic mass is 10.2. The number of nitrogens with zero attached hydrogens (tertiary/aromatic N) is 1. The van der Waals surface area contributed by atoms with Gasteiger partial charge in [0.25, 0.3) is 5.91 Å². The molecule has 24 heavy (non-hydrogen) atoms. The molecule has 1 aliphatic rings. The topological polar surface area (TPSA) is 102 Å². The lowest BCUT2D eigenvalue weighted by molar-refractivity contribution is -0.123. The maximum Gasteiger partial charge on any atom is 0.338 e. The molecule has 0 aliphatic carbocycles. The van der Waals surface area contributed by atoms with Crippen molar-refractivity contribution in [3.63, 3.8) is 0 Å². The number of sulfonamides is 1. The van der Waals surface area contributed by atoms with E-state index in [-0.39, 0.29) is 28.6 Å². The van der Waals surface area contributed by atoms with Gasteiger partial charge in [-0.2, -0.15) is 4.31 Å². The Morgan fingerprint density at radius 1 is 1.33 bits per heavy atom. The number of hydrogen-bond acceptors (Lipinski definition) is 6. The van der Waals surface area contributed by atoms with Crippen LogP contribution in [0.2, 0.25) is 5.02 Å². The highest BCUT2D eigenvalue weighted by Crippen LogP contribution is 2.26. The molecule has 0 radical (unpaired) electrons. The van der Waals surface area contributed by atoms with Crippen LogP contribution in [0.5, 0.6) is 0 Å². The quantitative estimate of drug-likeness (QED) is 0.740. The van der Waals surface area contributed by atoms with Crippen LogP contribution in [0.25, 0.3) is 0 Å². The number of likely N-dealkylation sites (N-methyl/N-ethyl adjacent to an activating group) is 1. The van der Waals surface area contributed by atoms with Gasteiger partial charge in [0, 0.05) is 20.1 Å². The molecule has 1 aliphatic heterocycles. The minimum Gasteiger partial charge on any atom is -0.452 e. The first-order valence-corrected chi connectivity index (χ1v) is 8.93. The minimum absolute atomic E-state index is 0.00402. The Labute approximate surface area is 144 Å². The molecule has 132 valence electrons. The lowest BCUT2D eigenvalue weighted by Gasteiger charge is -2.26. The van der Waals surface area contributed by atoms with Crippen molar-refractivity contribution in [2.24, 2.45) is 0 Å². The SMILES string of the molecule is CNC(=O)COC(=O)c1ccc(Cl)c(S(=O)(=O)N2CCOCC2)c1. The van der Waals surface area contributed by atoms with Crippen molar-refractivity contribution in [1.29, 1.82) is 0 Å². The molecule has 0 aromatic heterocycles. The number of nitrogens with one attached hydrogen (secondary N) is 1. The van der Waals surface area contributed by atoms with E-state index in [0.717, 1.165) is 6.07 Å². The fourth-order valence-electron chi connectivity index (χ4n) is 2.04. The second kappa shape index (κ2) is 7.93. The summed E-state index contributed by atoms with van der Waals surface area (Å²) in [5.41, 5.74) is -0.00450. The van der Waals surface area contributed by atoms with Crippen LogP contribution in [0.4, 0.5) is 0 Å². The minimum atomic E-state index is -3.85. The van der Waals surface area contributed by atoms with Gasteiger partial charge in [0.2, 0.25) is 10.0 Å². The Morgan fingerprint density at radius 2 is 2.00 bits per heavy atom. The van der Waals surface area contributed by atoms with Crippen LogP contribution >= 0.6 is 11.6 Å². The molecule has 1 aromatic carbocycles. The summed E-state index contributed by atoms with van der Waals surface area (Å²) < 4.78 is 36.5. The molecule has 10 heteroatoms. The average Bonchev–Trinajstić information content (AvgIpc) is 2.60. The first-order valence-electron chi connectivity index (χ1n) is 7.11. The summed E-state index contributed by atoms with van der Waals surface area (Å²) >= 11 is 6.00. The van der Waals surface area contributed by atoms with Gasteiger partial charge in [-0.3, -0.25) is 4.79 Å². The van der Waals surface area contributed by atoms with Crippen molar-refractivity contribution in [2.45, 2.75) is 4.90 Å². The first-order chi connectivity index (χ1) is 11.4. The van der Waals surface area contributed by atoms with E-state index in [1.54, 1.807) is 0 Å². The summed E-state index contributed by atoms with van der Waals surface area (Å²) in [5, 5.41) is 2.31. The molecular formula is C14H17ClN2O6S. The van der Waals surface area contributed by atoms with E-state index in [1.807, 2.05) is 0 Å². The zero-order valence-electron chi connectivity index (χ0n) is 13.0. The van der Waals surface area contributed by atoms with Crippen LogP contribution in [-0.2, 0) is 24.3 Å². The molecule has 1 fully saturated rings. The molecule has 0 atom stereocenters. The van der Waals surface area contributed by atoms with Gasteiger partial charge in [-0.25, -0.2) is 13.2 Å². The van der Waals surface area contributed by atoms with E-state index in [0.29, 0.717) is 13.2 Å². The lowest BCUT2D eigenvalue weighted by Crippen LogP contribution is -2.40. The zero-order chi connectivity index (χ0) is 17.7. The molecule has 1 aromatic rings. The van der Waals surface area contributed by atoms with Crippen LogP contribution in [0.3, 0.4) is 0 Å². The highest BCUT2D eigenvalue weighted by Gasteiger charge is 2.29. The maximum atomic E-state index is 12.7. The summed E-state index contributed by atoms with van der Waals surface area (Å²) in [7, 11) is -2.44. The Balaban J connectivity index is 2.24. The number of morpholine rings is 1. The number of carbonyl (C=O) groups excluding carboxylic acids is 2. The van der Waals surface area contributed by atoms with Gasteiger partial charge < -0.3 is 14.8 Å². The molecule has 0 spiro atoms. The number of amides is 1. The van der Waals surface area contributed by atoms with E-state index in [4.69, 9.17) is 21.1 Å². The maximum absolute atomic E-state index is 12.7. The predicted octanol–water partition coefficient (Wildman–Crippen LogP) is 0.264. The van der Waals surface area contributed by atoms with Crippen molar-refractivity contribution < 1.29 is 27.5 Å². The fraction of sp³-hybridized carbons (Fsp3) is 0.429. The number of halogens is 1. The molecule has 8 nitrogen and oxygen atoms in total. The van der Waals surface area contributed by atoms with E-state index in [2.05, 4.69) is 5.32 Å². The predicted molar refractivity (Wildman–Crippen MR) is 85.4 cm³/mol. The summed E-state index contributed by atoms with van der Waals surface area (Å²) in [6.07, 6.45) is 0. The Hall–Kier alpha value is -1.68. The third-order valence-corrected chi connectivity index (χ3v) is 5.75. The number of benzene rings is 1. The van der Waals surface area contributed by atoms with Gasteiger partial charge in [0.05, 0.1) is 23.8 Å². The highest BCUT2D eigenvalue weighted by molar-refractivity contribution is 7.89. The largest absolute Gasteiger partial charge is 0.452 e. The van der Waals surface area contributed by atoms with Crippen LogP contribution < -0.4 is 5.32 Å². The van der Waals surface area contributed by atoms with E-state index < -0.39 is 28.5 Å². The second-order valence-electron chi connectivity index (χ2n) is 4.91. The van der Waals surface area contributed by atoms with Crippen LogP contribution in [-0.4, -0.2) is 64.6 Å². The van der Waals surface area contributed by atoms with Crippen LogP contribution in [0.1, 0.15) is 10.4 Å². The first kappa shape index (κ1) is 18.7. The number of rotatable bonds is 5. The van der Waals surface area contributed by atoms with Gasteiger partial charge in [-0.15, -0.1) is 0 Å². The third kappa shape index (κ3) is 4.23. The molecule has 1 amide bonds. The molecule has 1 heterocycles. The van der Waals surface area contributed by atoms with Crippen molar-refractivity contribution in [2.75, 3.05) is 40.0 Å². The monoisotopic (exact) mass is 376 g/mol. The standard InChI is InChI=1S/C14H17ClN2O6S/c1-16-13(18)9-23-14(19)10-2-3-11(15)12(8-10)24(20,21)17-4-6-22-7-5-17/h2-3,8H,4-7,9H2,1H3,(H,16,18). The summed E-state index contributed by atoms with van der Waals surface area (Å²) in [6, 6.07) is 3.80. The molecule has 2 rings (SSSR count). The summed E-state index contributed by atoms with van der Waals surface area (Å²) in [5.74, 6) is -1.29. The van der Waals surface area contributed by atoms with Crippen molar-refractivity contribution in [3.8, 4) is 0 Å². The van der Waals surface area contributed by atoms with Crippen LogP contribution in [0, 0.1) is 0 Å². The van der Waals surface area contributed by atoms with Crippen molar-refractivity contribution in [3.05, 3.63) is 28.8 Å². The van der Waals surface area contributed by atoms with Gasteiger partial charge in [-0.05, 0) is 18.2 Å². The van der Waals surface area contributed by atoms with Gasteiger partial charge in [0.15, 0.2) is 6.61 Å². The Kier molecular flexibility index (Phi) is 6.16. The van der Waals surface area contributed by atoms with E-state index in [1.165, 1.54) is 23.5 Å². The van der Waals surface area contributed by atoms with E-state index in [9.17, 15) is 18.0 Å². The molecule has 1 N–H and O–H groups in total. The number of ether oxygens (including phenoxy) is 2. The van der Waals surface area contributed by atoms with Crippen molar-refractivity contribution in [1.82, 2.24) is 9.62 Å². The third-order valence-electron chi connectivity index (χ3n) is 3.37. The van der Waals surface area contributed by atoms with Crippen LogP contribution in [0.15, 0.2) is 23.1 Å². The fourth-order valence-corrected chi connectivity index (χ4v) is 3.95. The second-order valence-corrected chi connectivity index (χ2v) is 7.22. The average molecular weight is 377 g/mol. The highest BCUT2D eigenvalue weighted by atomic mass is 35.5. The molecule has 1 saturated heterocycles. The molecule has 0 bridgehead atoms. The summed E-state index contributed by atoms with van der Waals surface area (Å²) in [4.78, 5) is 22.9. The van der Waals surface area contributed by atoms with Gasteiger partial charge >= 0.3 is 5.97 Å². The molecule has 0 unspecified atom stereocenters. The number of carbonyl (C=O) groups is 2. The Morgan fingerprint density at radius 3 is 2.62 bits per heavy atom. The van der Waals surface area contributed by atoms with Crippen molar-refractivity contribution >= 4 is 33.5 Å². The smallest absolute Gasteiger partial charge is 0.338 e. The van der Waals surface area contributed by atoms with Gasteiger partial charge in [0.1, 0.15) is 4.90 Å². The van der Waals surface area contributed by atoms with E-state index >= 15 is 0 Å². The molecule has 0 saturated carbocycles. The molecular weight excluding hydrogens is 360 g/mol. The normalized spacial score (nSPS) is 15.8. The Bertz CT molecular complexity index is 731. The number of hydrogen-bond donors (Lipinski definition) is 1. The van der Waals surface area contributed by atoms with Gasteiger partial charge in [-0.1, -0.05) is 11.6 Å². The zero-order valence-corrected chi connectivity index (χ0v) is 14.5. The summed E-state index contributed by atoms with van der Waals surface area (Å²) in [6.45, 7) is 0.562. The number of esters is 1.